The van der Waals surface area contributed by atoms with Crippen molar-refractivity contribution in [2.24, 2.45) is 5.10 Å². The number of hydrazone groups is 1. The van der Waals surface area contributed by atoms with Crippen molar-refractivity contribution in [1.82, 2.24) is 0 Å². The summed E-state index contributed by atoms with van der Waals surface area (Å²) in [5.74, 6) is 0. The SMILES string of the molecule is O=[N+]([O-])c1ccccc1N/N=C1/Cc2cccc3cccc1c23. The fourth-order valence-corrected chi connectivity index (χ4v) is 3.04. The van der Waals surface area contributed by atoms with Crippen LogP contribution >= 0.6 is 0 Å². The van der Waals surface area contributed by atoms with Crippen molar-refractivity contribution in [2.45, 2.75) is 6.42 Å². The van der Waals surface area contributed by atoms with Gasteiger partial charge in [0, 0.05) is 18.1 Å². The molecule has 0 aliphatic heterocycles. The highest BCUT2D eigenvalue weighted by molar-refractivity contribution is 6.18. The van der Waals surface area contributed by atoms with Crippen LogP contribution in [0.1, 0.15) is 11.1 Å². The summed E-state index contributed by atoms with van der Waals surface area (Å²) in [7, 11) is 0. The van der Waals surface area contributed by atoms with E-state index < -0.39 is 4.92 Å². The largest absolute Gasteiger partial charge is 0.294 e. The minimum Gasteiger partial charge on any atom is -0.271 e. The van der Waals surface area contributed by atoms with Gasteiger partial charge >= 0.3 is 0 Å². The maximum absolute atomic E-state index is 11.1. The molecule has 0 amide bonds. The molecule has 1 aliphatic carbocycles. The van der Waals surface area contributed by atoms with Crippen LogP contribution < -0.4 is 5.43 Å². The molecule has 0 aromatic heterocycles. The Hall–Kier alpha value is -3.21. The summed E-state index contributed by atoms with van der Waals surface area (Å²) < 4.78 is 0. The summed E-state index contributed by atoms with van der Waals surface area (Å²) in [5, 5.41) is 17.9. The lowest BCUT2D eigenvalue weighted by Gasteiger charge is -2.04. The van der Waals surface area contributed by atoms with Gasteiger partial charge in [-0.15, -0.1) is 0 Å². The number of nitro benzene ring substituents is 1. The Balaban J connectivity index is 1.73. The van der Waals surface area contributed by atoms with Gasteiger partial charge in [-0.2, -0.15) is 5.10 Å². The molecule has 5 nitrogen and oxygen atoms in total. The number of benzene rings is 3. The standard InChI is InChI=1S/C18H13N3O2/c22-21(23)17-10-2-1-9-15(17)19-20-16-11-13-7-3-5-12-6-4-8-14(16)18(12)13/h1-10,19H,11H2/b20-16-. The molecule has 4 rings (SSSR count). The molecule has 3 aromatic rings. The van der Waals surface area contributed by atoms with Crippen LogP contribution in [0.3, 0.4) is 0 Å². The van der Waals surface area contributed by atoms with Crippen molar-refractivity contribution in [3.8, 4) is 0 Å². The second-order valence-electron chi connectivity index (χ2n) is 5.44. The predicted molar refractivity (Wildman–Crippen MR) is 90.9 cm³/mol. The number of nitrogens with one attached hydrogen (secondary N) is 1. The highest BCUT2D eigenvalue weighted by atomic mass is 16.6. The van der Waals surface area contributed by atoms with E-state index in [0.717, 1.165) is 17.7 Å². The van der Waals surface area contributed by atoms with Crippen LogP contribution in [0.5, 0.6) is 0 Å². The molecule has 3 aromatic carbocycles. The van der Waals surface area contributed by atoms with E-state index in [0.29, 0.717) is 5.69 Å². The molecule has 1 N–H and O–H groups in total. The van der Waals surface area contributed by atoms with E-state index in [2.05, 4.69) is 28.7 Å². The minimum atomic E-state index is -0.410. The molecule has 23 heavy (non-hydrogen) atoms. The molecular weight excluding hydrogens is 290 g/mol. The highest BCUT2D eigenvalue weighted by Crippen LogP contribution is 2.31. The third-order valence-electron chi connectivity index (χ3n) is 4.07. The van der Waals surface area contributed by atoms with Crippen LogP contribution in [-0.4, -0.2) is 10.6 Å². The van der Waals surface area contributed by atoms with Crippen LogP contribution in [0.15, 0.2) is 65.8 Å². The molecule has 0 radical (unpaired) electrons. The van der Waals surface area contributed by atoms with E-state index in [4.69, 9.17) is 0 Å². The summed E-state index contributed by atoms with van der Waals surface area (Å²) >= 11 is 0. The molecule has 1 aliphatic rings. The van der Waals surface area contributed by atoms with Crippen LogP contribution in [0.4, 0.5) is 11.4 Å². The van der Waals surface area contributed by atoms with E-state index in [1.807, 2.05) is 18.2 Å². The maximum atomic E-state index is 11.1. The first-order chi connectivity index (χ1) is 11.2. The summed E-state index contributed by atoms with van der Waals surface area (Å²) in [6, 6.07) is 18.9. The Labute approximate surface area is 132 Å². The second kappa shape index (κ2) is 5.21. The summed E-state index contributed by atoms with van der Waals surface area (Å²) in [6.07, 6.45) is 0.727. The third kappa shape index (κ3) is 2.23. The number of hydrogen-bond donors (Lipinski definition) is 1. The Morgan fingerprint density at radius 1 is 1.00 bits per heavy atom. The van der Waals surface area contributed by atoms with Crippen molar-refractivity contribution in [1.29, 1.82) is 0 Å². The number of para-hydroxylation sites is 2. The molecule has 0 saturated carbocycles. The van der Waals surface area contributed by atoms with Crippen LogP contribution in [0.25, 0.3) is 10.8 Å². The monoisotopic (exact) mass is 303 g/mol. The lowest BCUT2D eigenvalue weighted by Crippen LogP contribution is -2.03. The Morgan fingerprint density at radius 3 is 2.61 bits per heavy atom. The smallest absolute Gasteiger partial charge is 0.271 e. The Morgan fingerprint density at radius 2 is 1.78 bits per heavy atom. The van der Waals surface area contributed by atoms with Crippen molar-refractivity contribution < 1.29 is 4.92 Å². The molecule has 112 valence electrons. The fourth-order valence-electron chi connectivity index (χ4n) is 3.04. The number of rotatable bonds is 3. The van der Waals surface area contributed by atoms with Crippen molar-refractivity contribution in [3.05, 3.63) is 81.9 Å². The first kappa shape index (κ1) is 13.5. The zero-order chi connectivity index (χ0) is 15.8. The predicted octanol–water partition coefficient (Wildman–Crippen LogP) is 4.12. The fraction of sp³-hybridized carbons (Fsp3) is 0.0556. The van der Waals surface area contributed by atoms with Gasteiger partial charge in [-0.3, -0.25) is 15.5 Å². The molecule has 0 saturated heterocycles. The van der Waals surface area contributed by atoms with Gasteiger partial charge in [0.15, 0.2) is 0 Å². The zero-order valence-corrected chi connectivity index (χ0v) is 12.2. The first-order valence-corrected chi connectivity index (χ1v) is 7.31. The number of hydrogen-bond acceptors (Lipinski definition) is 4. The van der Waals surface area contributed by atoms with Gasteiger partial charge in [-0.1, -0.05) is 48.5 Å². The van der Waals surface area contributed by atoms with E-state index in [1.54, 1.807) is 18.2 Å². The van der Waals surface area contributed by atoms with Gasteiger partial charge in [0.2, 0.25) is 0 Å². The van der Waals surface area contributed by atoms with E-state index >= 15 is 0 Å². The van der Waals surface area contributed by atoms with E-state index in [9.17, 15) is 10.1 Å². The zero-order valence-electron chi connectivity index (χ0n) is 12.2. The normalized spacial score (nSPS) is 14.3. The molecule has 0 unspecified atom stereocenters. The van der Waals surface area contributed by atoms with Crippen molar-refractivity contribution in [2.75, 3.05) is 5.43 Å². The molecular formula is C18H13N3O2. The van der Waals surface area contributed by atoms with Gasteiger partial charge in [0.25, 0.3) is 5.69 Å². The average Bonchev–Trinajstić information content (AvgIpc) is 2.93. The van der Waals surface area contributed by atoms with Crippen LogP contribution in [0, 0.1) is 10.1 Å². The van der Waals surface area contributed by atoms with Gasteiger partial charge in [-0.25, -0.2) is 0 Å². The van der Waals surface area contributed by atoms with E-state index in [-0.39, 0.29) is 5.69 Å². The van der Waals surface area contributed by atoms with Crippen molar-refractivity contribution >= 4 is 27.9 Å². The first-order valence-electron chi connectivity index (χ1n) is 7.31. The van der Waals surface area contributed by atoms with Gasteiger partial charge in [0.1, 0.15) is 5.69 Å². The minimum absolute atomic E-state index is 0.0190. The summed E-state index contributed by atoms with van der Waals surface area (Å²) in [6.45, 7) is 0. The topological polar surface area (TPSA) is 67.5 Å². The number of nitrogens with zero attached hydrogens (tertiary/aromatic N) is 2. The summed E-state index contributed by atoms with van der Waals surface area (Å²) in [4.78, 5) is 10.7. The average molecular weight is 303 g/mol. The molecule has 0 fully saturated rings. The lowest BCUT2D eigenvalue weighted by molar-refractivity contribution is -0.384. The van der Waals surface area contributed by atoms with Gasteiger partial charge in [0.05, 0.1) is 10.6 Å². The number of nitro groups is 1. The van der Waals surface area contributed by atoms with Gasteiger partial charge in [-0.05, 0) is 22.4 Å². The Kier molecular flexibility index (Phi) is 3.05. The lowest BCUT2D eigenvalue weighted by atomic mass is 10.1. The van der Waals surface area contributed by atoms with Crippen molar-refractivity contribution in [3.63, 3.8) is 0 Å². The van der Waals surface area contributed by atoms with Gasteiger partial charge < -0.3 is 0 Å². The molecule has 5 heteroatoms. The summed E-state index contributed by atoms with van der Waals surface area (Å²) in [5.41, 5.74) is 6.50. The third-order valence-corrected chi connectivity index (χ3v) is 4.07. The molecule has 0 spiro atoms. The highest BCUT2D eigenvalue weighted by Gasteiger charge is 2.20. The Bertz CT molecular complexity index is 958. The molecule has 0 bridgehead atoms. The van der Waals surface area contributed by atoms with E-state index in [1.165, 1.54) is 22.4 Å². The maximum Gasteiger partial charge on any atom is 0.294 e. The van der Waals surface area contributed by atoms with Crippen LogP contribution in [-0.2, 0) is 6.42 Å². The molecule has 0 atom stereocenters. The quantitative estimate of drug-likeness (QED) is 0.584. The number of anilines is 1. The van der Waals surface area contributed by atoms with Crippen LogP contribution in [0.2, 0.25) is 0 Å². The second-order valence-corrected chi connectivity index (χ2v) is 5.44. The molecule has 0 heterocycles.